The minimum Gasteiger partial charge on any atom is -0.496 e. The third-order valence-corrected chi connectivity index (χ3v) is 2.25. The number of methoxy groups -OCH3 is 1. The van der Waals surface area contributed by atoms with Gasteiger partial charge in [-0.05, 0) is 18.2 Å². The van der Waals surface area contributed by atoms with E-state index >= 15 is 0 Å². The Balaban J connectivity index is 2.53. The lowest BCUT2D eigenvalue weighted by molar-refractivity contribution is 0.276. The van der Waals surface area contributed by atoms with Crippen molar-refractivity contribution in [1.29, 1.82) is 0 Å². The molecule has 0 aliphatic rings. The minimum atomic E-state index is -0.407. The zero-order valence-corrected chi connectivity index (χ0v) is 8.70. The molecule has 4 nitrogen and oxygen atoms in total. The van der Waals surface area contributed by atoms with Crippen molar-refractivity contribution >= 4 is 0 Å². The molecule has 1 aromatic carbocycles. The summed E-state index contributed by atoms with van der Waals surface area (Å²) in [5.74, 6) is 0.00586. The predicted octanol–water partition coefficient (Wildman–Crippen LogP) is 1.72. The maximum Gasteiger partial charge on any atom is 0.136 e. The van der Waals surface area contributed by atoms with Crippen molar-refractivity contribution in [2.24, 2.45) is 0 Å². The van der Waals surface area contributed by atoms with E-state index in [1.54, 1.807) is 18.2 Å². The number of benzene rings is 1. The van der Waals surface area contributed by atoms with Gasteiger partial charge >= 0.3 is 0 Å². The Morgan fingerprint density at radius 2 is 2.31 bits per heavy atom. The molecule has 0 spiro atoms. The van der Waals surface area contributed by atoms with E-state index in [1.165, 1.54) is 13.2 Å². The summed E-state index contributed by atoms with van der Waals surface area (Å²) in [5.41, 5.74) is 1.24. The number of aliphatic hydroxyl groups is 1. The lowest BCUT2D eigenvalue weighted by atomic mass is 10.1. The van der Waals surface area contributed by atoms with Gasteiger partial charge in [-0.15, -0.1) is 0 Å². The standard InChI is InChI=1S/C11H11FN2O2/c1-16-10-4-2-3-8(12)11(10)9-5-7(6-15)13-14-9/h2-5,15H,6H2,1H3,(H,13,14). The van der Waals surface area contributed by atoms with E-state index in [0.29, 0.717) is 22.7 Å². The second-order valence-electron chi connectivity index (χ2n) is 3.25. The van der Waals surface area contributed by atoms with Gasteiger partial charge in [-0.1, -0.05) is 6.07 Å². The number of aromatic amines is 1. The fourth-order valence-electron chi connectivity index (χ4n) is 1.49. The van der Waals surface area contributed by atoms with Crippen LogP contribution in [0.25, 0.3) is 11.3 Å². The highest BCUT2D eigenvalue weighted by Crippen LogP contribution is 2.31. The Kier molecular flexibility index (Phi) is 2.87. The molecule has 0 saturated carbocycles. The highest BCUT2D eigenvalue weighted by Gasteiger charge is 2.14. The molecule has 16 heavy (non-hydrogen) atoms. The van der Waals surface area contributed by atoms with Gasteiger partial charge in [-0.25, -0.2) is 4.39 Å². The molecule has 5 heteroatoms. The molecule has 0 atom stereocenters. The van der Waals surface area contributed by atoms with Crippen molar-refractivity contribution < 1.29 is 14.2 Å². The molecule has 0 amide bonds. The summed E-state index contributed by atoms with van der Waals surface area (Å²) in [5, 5.41) is 15.4. The first kappa shape index (κ1) is 10.6. The summed E-state index contributed by atoms with van der Waals surface area (Å²) in [6.07, 6.45) is 0. The Bertz CT molecular complexity index is 496. The van der Waals surface area contributed by atoms with Gasteiger partial charge in [0.15, 0.2) is 0 Å². The molecule has 0 aliphatic heterocycles. The normalized spacial score (nSPS) is 10.4. The molecule has 2 N–H and O–H groups in total. The molecule has 0 aliphatic carbocycles. The number of aromatic nitrogens is 2. The maximum atomic E-state index is 13.6. The molecule has 0 fully saturated rings. The van der Waals surface area contributed by atoms with Gasteiger partial charge in [0.05, 0.1) is 30.7 Å². The Morgan fingerprint density at radius 1 is 1.50 bits per heavy atom. The van der Waals surface area contributed by atoms with Crippen LogP contribution in [-0.2, 0) is 6.61 Å². The van der Waals surface area contributed by atoms with Gasteiger partial charge in [0.25, 0.3) is 0 Å². The number of hydrogen-bond acceptors (Lipinski definition) is 3. The van der Waals surface area contributed by atoms with E-state index < -0.39 is 5.82 Å². The van der Waals surface area contributed by atoms with E-state index in [0.717, 1.165) is 0 Å². The summed E-state index contributed by atoms with van der Waals surface area (Å²) in [6.45, 7) is -0.163. The number of halogens is 1. The van der Waals surface area contributed by atoms with Gasteiger partial charge in [-0.3, -0.25) is 5.10 Å². The summed E-state index contributed by atoms with van der Waals surface area (Å²) in [4.78, 5) is 0. The number of nitrogens with one attached hydrogen (secondary N) is 1. The van der Waals surface area contributed by atoms with E-state index in [9.17, 15) is 4.39 Å². The van der Waals surface area contributed by atoms with E-state index in [2.05, 4.69) is 10.2 Å². The van der Waals surface area contributed by atoms with Crippen LogP contribution in [0.5, 0.6) is 5.75 Å². The van der Waals surface area contributed by atoms with Crippen LogP contribution in [0.15, 0.2) is 24.3 Å². The van der Waals surface area contributed by atoms with Crippen molar-refractivity contribution in [3.63, 3.8) is 0 Å². The van der Waals surface area contributed by atoms with E-state index in [-0.39, 0.29) is 6.61 Å². The number of aliphatic hydroxyl groups excluding tert-OH is 1. The molecule has 1 heterocycles. The first-order valence-corrected chi connectivity index (χ1v) is 4.74. The second-order valence-corrected chi connectivity index (χ2v) is 3.25. The zero-order valence-electron chi connectivity index (χ0n) is 8.70. The number of H-pyrrole nitrogens is 1. The Hall–Kier alpha value is -1.88. The third kappa shape index (κ3) is 1.77. The molecule has 1 aromatic heterocycles. The van der Waals surface area contributed by atoms with Crippen molar-refractivity contribution in [3.8, 4) is 17.0 Å². The fourth-order valence-corrected chi connectivity index (χ4v) is 1.49. The number of ether oxygens (including phenoxy) is 1. The van der Waals surface area contributed by atoms with Crippen LogP contribution in [0.3, 0.4) is 0 Å². The van der Waals surface area contributed by atoms with Crippen LogP contribution in [0.4, 0.5) is 4.39 Å². The average Bonchev–Trinajstić information content (AvgIpc) is 2.76. The van der Waals surface area contributed by atoms with Gasteiger partial charge in [-0.2, -0.15) is 5.10 Å². The van der Waals surface area contributed by atoms with Crippen LogP contribution in [0, 0.1) is 5.82 Å². The fraction of sp³-hybridized carbons (Fsp3) is 0.182. The predicted molar refractivity (Wildman–Crippen MR) is 56.5 cm³/mol. The van der Waals surface area contributed by atoms with Gasteiger partial charge < -0.3 is 9.84 Å². The Morgan fingerprint density at radius 3 is 2.94 bits per heavy atom. The summed E-state index contributed by atoms with van der Waals surface area (Å²) in [7, 11) is 1.47. The quantitative estimate of drug-likeness (QED) is 0.831. The van der Waals surface area contributed by atoms with Gasteiger partial charge in [0.1, 0.15) is 11.6 Å². The SMILES string of the molecule is COc1cccc(F)c1-c1cc(CO)[nH]n1. The van der Waals surface area contributed by atoms with Crippen LogP contribution in [0.2, 0.25) is 0 Å². The smallest absolute Gasteiger partial charge is 0.136 e. The zero-order chi connectivity index (χ0) is 11.5. The highest BCUT2D eigenvalue weighted by atomic mass is 19.1. The maximum absolute atomic E-state index is 13.6. The molecule has 0 saturated heterocycles. The molecular formula is C11H11FN2O2. The van der Waals surface area contributed by atoms with Crippen LogP contribution >= 0.6 is 0 Å². The van der Waals surface area contributed by atoms with Crippen molar-refractivity contribution in [2.45, 2.75) is 6.61 Å². The minimum absolute atomic E-state index is 0.163. The van der Waals surface area contributed by atoms with Crippen LogP contribution in [0.1, 0.15) is 5.69 Å². The highest BCUT2D eigenvalue weighted by molar-refractivity contribution is 5.67. The van der Waals surface area contributed by atoms with E-state index in [4.69, 9.17) is 9.84 Å². The molecule has 0 bridgehead atoms. The summed E-state index contributed by atoms with van der Waals surface area (Å²) < 4.78 is 18.7. The average molecular weight is 222 g/mol. The monoisotopic (exact) mass is 222 g/mol. The van der Waals surface area contributed by atoms with Crippen LogP contribution in [-0.4, -0.2) is 22.4 Å². The number of nitrogens with zero attached hydrogens (tertiary/aromatic N) is 1. The van der Waals surface area contributed by atoms with Crippen molar-refractivity contribution in [2.75, 3.05) is 7.11 Å². The molecule has 2 rings (SSSR count). The van der Waals surface area contributed by atoms with Crippen molar-refractivity contribution in [3.05, 3.63) is 35.8 Å². The van der Waals surface area contributed by atoms with Crippen molar-refractivity contribution in [1.82, 2.24) is 10.2 Å². The molecule has 0 unspecified atom stereocenters. The first-order chi connectivity index (χ1) is 7.76. The number of hydrogen-bond donors (Lipinski definition) is 2. The number of rotatable bonds is 3. The molecule has 84 valence electrons. The molecule has 0 radical (unpaired) electrons. The van der Waals surface area contributed by atoms with Gasteiger partial charge in [0, 0.05) is 0 Å². The summed E-state index contributed by atoms with van der Waals surface area (Å²) in [6, 6.07) is 6.15. The van der Waals surface area contributed by atoms with E-state index in [1.807, 2.05) is 0 Å². The lowest BCUT2D eigenvalue weighted by Crippen LogP contribution is -1.91. The topological polar surface area (TPSA) is 58.1 Å². The molecular weight excluding hydrogens is 211 g/mol. The molecule has 2 aromatic rings. The largest absolute Gasteiger partial charge is 0.496 e. The van der Waals surface area contributed by atoms with Crippen LogP contribution < -0.4 is 4.74 Å². The Labute approximate surface area is 91.7 Å². The first-order valence-electron chi connectivity index (χ1n) is 4.74. The summed E-state index contributed by atoms with van der Waals surface area (Å²) >= 11 is 0. The van der Waals surface area contributed by atoms with Gasteiger partial charge in [0.2, 0.25) is 0 Å². The third-order valence-electron chi connectivity index (χ3n) is 2.25. The lowest BCUT2D eigenvalue weighted by Gasteiger charge is -2.06. The second kappa shape index (κ2) is 4.32.